The summed E-state index contributed by atoms with van der Waals surface area (Å²) in [6, 6.07) is 3.83. The minimum Gasteiger partial charge on any atom is -0.496 e. The summed E-state index contributed by atoms with van der Waals surface area (Å²) >= 11 is 3.40. The van der Waals surface area contributed by atoms with Crippen molar-refractivity contribution < 1.29 is 9.53 Å². The Balaban J connectivity index is 2.54. The molecule has 74 valence electrons. The van der Waals surface area contributed by atoms with Crippen LogP contribution in [0.15, 0.2) is 16.6 Å². The van der Waals surface area contributed by atoms with Gasteiger partial charge in [-0.05, 0) is 36.5 Å². The molecule has 2 rings (SSSR count). The maximum Gasteiger partial charge on any atom is 0.153 e. The number of hydrogen-bond donors (Lipinski definition) is 0. The standard InChI is InChI=1S/C11H11BrO2/c1-14-11-8(6-13)4-9(12)5-10(11)7-2-3-7/h4-7H,2-3H2,1H3. The molecule has 1 aliphatic rings. The number of carbonyl (C=O) groups excluding carboxylic acids is 1. The Morgan fingerprint density at radius 2 is 2.21 bits per heavy atom. The summed E-state index contributed by atoms with van der Waals surface area (Å²) in [6.07, 6.45) is 3.24. The second-order valence-electron chi connectivity index (χ2n) is 3.51. The molecule has 0 atom stereocenters. The molecule has 1 saturated carbocycles. The third-order valence-corrected chi connectivity index (χ3v) is 2.92. The van der Waals surface area contributed by atoms with Crippen LogP contribution in [0.25, 0.3) is 0 Å². The molecule has 0 unspecified atom stereocenters. The van der Waals surface area contributed by atoms with Crippen LogP contribution in [0.5, 0.6) is 5.75 Å². The van der Waals surface area contributed by atoms with Crippen molar-refractivity contribution in [2.24, 2.45) is 0 Å². The predicted octanol–water partition coefficient (Wildman–Crippen LogP) is 3.15. The molecular formula is C11H11BrO2. The lowest BCUT2D eigenvalue weighted by Crippen LogP contribution is -1.96. The molecule has 1 aliphatic carbocycles. The highest BCUT2D eigenvalue weighted by Gasteiger charge is 2.28. The highest BCUT2D eigenvalue weighted by Crippen LogP contribution is 2.46. The van der Waals surface area contributed by atoms with Crippen LogP contribution >= 0.6 is 15.9 Å². The van der Waals surface area contributed by atoms with Gasteiger partial charge in [-0.1, -0.05) is 15.9 Å². The molecule has 0 amide bonds. The number of ether oxygens (including phenoxy) is 1. The molecular weight excluding hydrogens is 244 g/mol. The summed E-state index contributed by atoms with van der Waals surface area (Å²) in [6.45, 7) is 0. The Hall–Kier alpha value is -0.830. The third-order valence-electron chi connectivity index (χ3n) is 2.46. The fraction of sp³-hybridized carbons (Fsp3) is 0.364. The van der Waals surface area contributed by atoms with Gasteiger partial charge in [0.25, 0.3) is 0 Å². The first-order valence-corrected chi connectivity index (χ1v) is 5.38. The summed E-state index contributed by atoms with van der Waals surface area (Å²) in [4.78, 5) is 10.8. The normalized spacial score (nSPS) is 15.3. The SMILES string of the molecule is COc1c(C=O)cc(Br)cc1C1CC1. The molecule has 14 heavy (non-hydrogen) atoms. The van der Waals surface area contributed by atoms with Crippen molar-refractivity contribution in [3.63, 3.8) is 0 Å². The van der Waals surface area contributed by atoms with E-state index in [-0.39, 0.29) is 0 Å². The summed E-state index contributed by atoms with van der Waals surface area (Å²) in [5.74, 6) is 1.33. The van der Waals surface area contributed by atoms with E-state index in [4.69, 9.17) is 4.74 Å². The summed E-state index contributed by atoms with van der Waals surface area (Å²) in [5, 5.41) is 0. The van der Waals surface area contributed by atoms with E-state index in [1.54, 1.807) is 13.2 Å². The zero-order chi connectivity index (χ0) is 10.1. The Bertz CT molecular complexity index is 370. The molecule has 0 aliphatic heterocycles. The van der Waals surface area contributed by atoms with E-state index in [0.717, 1.165) is 22.1 Å². The molecule has 0 aromatic heterocycles. The maximum atomic E-state index is 10.8. The average Bonchev–Trinajstić information content (AvgIpc) is 2.99. The molecule has 2 nitrogen and oxygen atoms in total. The van der Waals surface area contributed by atoms with Crippen LogP contribution in [-0.4, -0.2) is 13.4 Å². The average molecular weight is 255 g/mol. The highest BCUT2D eigenvalue weighted by atomic mass is 79.9. The van der Waals surface area contributed by atoms with Crippen LogP contribution in [0.3, 0.4) is 0 Å². The quantitative estimate of drug-likeness (QED) is 0.775. The van der Waals surface area contributed by atoms with Crippen LogP contribution < -0.4 is 4.74 Å². The second kappa shape index (κ2) is 3.73. The smallest absolute Gasteiger partial charge is 0.153 e. The summed E-state index contributed by atoms with van der Waals surface area (Å²) in [5.41, 5.74) is 1.78. The molecule has 0 spiro atoms. The minimum absolute atomic E-state index is 0.584. The third kappa shape index (κ3) is 1.69. The van der Waals surface area contributed by atoms with Gasteiger partial charge >= 0.3 is 0 Å². The van der Waals surface area contributed by atoms with Gasteiger partial charge in [0.1, 0.15) is 5.75 Å². The topological polar surface area (TPSA) is 26.3 Å². The summed E-state index contributed by atoms with van der Waals surface area (Å²) in [7, 11) is 1.61. The number of hydrogen-bond acceptors (Lipinski definition) is 2. The van der Waals surface area contributed by atoms with Gasteiger partial charge in [0, 0.05) is 4.47 Å². The van der Waals surface area contributed by atoms with Gasteiger partial charge in [0.15, 0.2) is 6.29 Å². The highest BCUT2D eigenvalue weighted by molar-refractivity contribution is 9.10. The summed E-state index contributed by atoms with van der Waals surface area (Å²) < 4.78 is 6.22. The van der Waals surface area contributed by atoms with Crippen molar-refractivity contribution in [2.75, 3.05) is 7.11 Å². The Morgan fingerprint density at radius 3 is 2.71 bits per heavy atom. The molecule has 3 heteroatoms. The molecule has 1 aromatic rings. The first kappa shape index (κ1) is 9.71. The van der Waals surface area contributed by atoms with Crippen molar-refractivity contribution in [3.8, 4) is 5.75 Å². The van der Waals surface area contributed by atoms with Crippen LogP contribution in [-0.2, 0) is 0 Å². The van der Waals surface area contributed by atoms with Gasteiger partial charge < -0.3 is 4.74 Å². The molecule has 0 bridgehead atoms. The molecule has 1 fully saturated rings. The predicted molar refractivity (Wildman–Crippen MR) is 58.1 cm³/mol. The fourth-order valence-electron chi connectivity index (χ4n) is 1.66. The van der Waals surface area contributed by atoms with Gasteiger partial charge in [0.05, 0.1) is 12.7 Å². The fourth-order valence-corrected chi connectivity index (χ4v) is 2.15. The Labute approximate surface area is 91.4 Å². The molecule has 0 N–H and O–H groups in total. The van der Waals surface area contributed by atoms with Crippen LogP contribution in [0.4, 0.5) is 0 Å². The van der Waals surface area contributed by atoms with Crippen molar-refractivity contribution in [1.29, 1.82) is 0 Å². The van der Waals surface area contributed by atoms with Crippen molar-refractivity contribution in [1.82, 2.24) is 0 Å². The van der Waals surface area contributed by atoms with Gasteiger partial charge in [-0.2, -0.15) is 0 Å². The molecule has 0 saturated heterocycles. The van der Waals surface area contributed by atoms with Crippen molar-refractivity contribution in [3.05, 3.63) is 27.7 Å². The number of benzene rings is 1. The zero-order valence-electron chi connectivity index (χ0n) is 7.92. The van der Waals surface area contributed by atoms with Gasteiger partial charge in [-0.3, -0.25) is 4.79 Å². The van der Waals surface area contributed by atoms with E-state index in [0.29, 0.717) is 11.5 Å². The first-order valence-electron chi connectivity index (χ1n) is 4.59. The molecule has 0 radical (unpaired) electrons. The Morgan fingerprint density at radius 1 is 1.50 bits per heavy atom. The lowest BCUT2D eigenvalue weighted by Gasteiger charge is -2.10. The lowest BCUT2D eigenvalue weighted by molar-refractivity contribution is 0.112. The number of halogens is 1. The monoisotopic (exact) mass is 254 g/mol. The minimum atomic E-state index is 0.584. The van der Waals surface area contributed by atoms with Crippen LogP contribution in [0, 0.1) is 0 Å². The van der Waals surface area contributed by atoms with E-state index in [2.05, 4.69) is 15.9 Å². The second-order valence-corrected chi connectivity index (χ2v) is 4.43. The zero-order valence-corrected chi connectivity index (χ0v) is 9.50. The molecule has 0 heterocycles. The number of methoxy groups -OCH3 is 1. The number of rotatable bonds is 3. The van der Waals surface area contributed by atoms with Gasteiger partial charge in [-0.25, -0.2) is 0 Å². The van der Waals surface area contributed by atoms with Gasteiger partial charge in [-0.15, -0.1) is 0 Å². The van der Waals surface area contributed by atoms with Crippen molar-refractivity contribution in [2.45, 2.75) is 18.8 Å². The van der Waals surface area contributed by atoms with E-state index >= 15 is 0 Å². The van der Waals surface area contributed by atoms with E-state index < -0.39 is 0 Å². The maximum absolute atomic E-state index is 10.8. The van der Waals surface area contributed by atoms with E-state index in [9.17, 15) is 4.79 Å². The lowest BCUT2D eigenvalue weighted by atomic mass is 10.1. The molecule has 1 aromatic carbocycles. The van der Waals surface area contributed by atoms with Gasteiger partial charge in [0.2, 0.25) is 0 Å². The first-order chi connectivity index (χ1) is 6.76. The number of aldehydes is 1. The van der Waals surface area contributed by atoms with Crippen LogP contribution in [0.2, 0.25) is 0 Å². The van der Waals surface area contributed by atoms with Crippen LogP contribution in [0.1, 0.15) is 34.7 Å². The number of carbonyl (C=O) groups is 1. The Kier molecular flexibility index (Phi) is 2.59. The van der Waals surface area contributed by atoms with E-state index in [1.165, 1.54) is 12.8 Å². The van der Waals surface area contributed by atoms with E-state index in [1.807, 2.05) is 6.07 Å². The van der Waals surface area contributed by atoms with Crippen molar-refractivity contribution >= 4 is 22.2 Å². The largest absolute Gasteiger partial charge is 0.496 e.